The van der Waals surface area contributed by atoms with E-state index in [0.29, 0.717) is 5.82 Å². The van der Waals surface area contributed by atoms with Crippen LogP contribution in [0.4, 0.5) is 5.82 Å². The Morgan fingerprint density at radius 1 is 1.67 bits per heavy atom. The van der Waals surface area contributed by atoms with E-state index in [4.69, 9.17) is 4.74 Å². The van der Waals surface area contributed by atoms with Crippen LogP contribution in [0.2, 0.25) is 0 Å². The van der Waals surface area contributed by atoms with Gasteiger partial charge in [0.05, 0.1) is 12.3 Å². The third-order valence-electron chi connectivity index (χ3n) is 1.91. The molecule has 0 aliphatic carbocycles. The van der Waals surface area contributed by atoms with Crippen LogP contribution in [0.15, 0.2) is 6.20 Å². The number of hydrogen-bond donors (Lipinski definition) is 2. The van der Waals surface area contributed by atoms with Gasteiger partial charge in [0.2, 0.25) is 0 Å². The molecule has 0 aliphatic rings. The molecule has 1 heterocycles. The fraction of sp³-hybridized carbons (Fsp3) is 0.600. The highest BCUT2D eigenvalue weighted by atomic mass is 16.5. The maximum absolute atomic E-state index is 11.4. The van der Waals surface area contributed by atoms with Crippen LogP contribution in [-0.2, 0) is 16.0 Å². The van der Waals surface area contributed by atoms with Crippen molar-refractivity contribution in [3.63, 3.8) is 0 Å². The van der Waals surface area contributed by atoms with E-state index >= 15 is 0 Å². The molecule has 1 rings (SSSR count). The summed E-state index contributed by atoms with van der Waals surface area (Å²) in [4.78, 5) is 11.4. The second kappa shape index (κ2) is 5.50. The van der Waals surface area contributed by atoms with E-state index in [-0.39, 0.29) is 18.6 Å². The number of hydrogen-bond acceptors (Lipinski definition) is 3. The lowest BCUT2D eigenvalue weighted by Crippen LogP contribution is -2.21. The van der Waals surface area contributed by atoms with Crippen LogP contribution < -0.4 is 5.32 Å². The number of ether oxygens (including phenoxy) is 1. The molecule has 0 bridgehead atoms. The minimum Gasteiger partial charge on any atom is -0.369 e. The number of aromatic amines is 1. The van der Waals surface area contributed by atoms with Crippen molar-refractivity contribution in [2.45, 2.75) is 33.3 Å². The highest BCUT2D eigenvalue weighted by molar-refractivity contribution is 5.91. The Labute approximate surface area is 89.2 Å². The zero-order valence-electron chi connectivity index (χ0n) is 9.33. The highest BCUT2D eigenvalue weighted by Crippen LogP contribution is 2.10. The van der Waals surface area contributed by atoms with Gasteiger partial charge in [-0.25, -0.2) is 0 Å². The third kappa shape index (κ3) is 3.71. The second-order valence-electron chi connectivity index (χ2n) is 3.53. The average Bonchev–Trinajstić information content (AvgIpc) is 2.62. The first kappa shape index (κ1) is 11.7. The SMILES string of the molecule is CCc1cn[nH]c1NC(=O)COC(C)C. The topological polar surface area (TPSA) is 67.0 Å². The van der Waals surface area contributed by atoms with Crippen molar-refractivity contribution in [2.75, 3.05) is 11.9 Å². The lowest BCUT2D eigenvalue weighted by atomic mass is 10.2. The minimum atomic E-state index is -0.164. The molecule has 0 saturated carbocycles. The Morgan fingerprint density at radius 3 is 3.00 bits per heavy atom. The molecule has 0 unspecified atom stereocenters. The highest BCUT2D eigenvalue weighted by Gasteiger charge is 2.08. The van der Waals surface area contributed by atoms with E-state index in [1.807, 2.05) is 20.8 Å². The molecule has 2 N–H and O–H groups in total. The van der Waals surface area contributed by atoms with Crippen LogP contribution in [0.25, 0.3) is 0 Å². The standard InChI is InChI=1S/C10H17N3O2/c1-4-8-5-11-13-10(8)12-9(14)6-15-7(2)3/h5,7H,4,6H2,1-3H3,(H2,11,12,13,14). The predicted molar refractivity (Wildman–Crippen MR) is 57.7 cm³/mol. The van der Waals surface area contributed by atoms with Crippen molar-refractivity contribution < 1.29 is 9.53 Å². The third-order valence-corrected chi connectivity index (χ3v) is 1.91. The number of aryl methyl sites for hydroxylation is 1. The Hall–Kier alpha value is -1.36. The number of anilines is 1. The first-order chi connectivity index (χ1) is 7.13. The molecule has 1 amide bonds. The lowest BCUT2D eigenvalue weighted by Gasteiger charge is -2.07. The van der Waals surface area contributed by atoms with Gasteiger partial charge < -0.3 is 10.1 Å². The van der Waals surface area contributed by atoms with E-state index in [1.54, 1.807) is 6.20 Å². The quantitative estimate of drug-likeness (QED) is 0.772. The first-order valence-corrected chi connectivity index (χ1v) is 5.07. The number of carbonyl (C=O) groups is 1. The molecule has 15 heavy (non-hydrogen) atoms. The summed E-state index contributed by atoms with van der Waals surface area (Å²) in [5.41, 5.74) is 0.993. The molecule has 0 atom stereocenters. The van der Waals surface area contributed by atoms with Gasteiger partial charge >= 0.3 is 0 Å². The van der Waals surface area contributed by atoms with Crippen molar-refractivity contribution in [3.05, 3.63) is 11.8 Å². The fourth-order valence-electron chi connectivity index (χ4n) is 1.11. The Balaban J connectivity index is 2.44. The summed E-state index contributed by atoms with van der Waals surface area (Å²) in [5, 5.41) is 9.31. The fourth-order valence-corrected chi connectivity index (χ4v) is 1.11. The van der Waals surface area contributed by atoms with Crippen molar-refractivity contribution >= 4 is 11.7 Å². The molecule has 5 heteroatoms. The minimum absolute atomic E-state index is 0.0585. The number of nitrogens with one attached hydrogen (secondary N) is 2. The number of amides is 1. The summed E-state index contributed by atoms with van der Waals surface area (Å²) in [5.74, 6) is 0.498. The smallest absolute Gasteiger partial charge is 0.251 e. The average molecular weight is 211 g/mol. The van der Waals surface area contributed by atoms with Crippen molar-refractivity contribution in [1.82, 2.24) is 10.2 Å². The van der Waals surface area contributed by atoms with Gasteiger partial charge in [0, 0.05) is 5.56 Å². The first-order valence-electron chi connectivity index (χ1n) is 5.07. The van der Waals surface area contributed by atoms with E-state index < -0.39 is 0 Å². The number of nitrogens with zero attached hydrogens (tertiary/aromatic N) is 1. The van der Waals surface area contributed by atoms with E-state index in [1.165, 1.54) is 0 Å². The summed E-state index contributed by atoms with van der Waals surface area (Å²) in [6.45, 7) is 5.85. The number of H-pyrrole nitrogens is 1. The maximum atomic E-state index is 11.4. The number of carbonyl (C=O) groups excluding carboxylic acids is 1. The summed E-state index contributed by atoms with van der Waals surface area (Å²) in [6, 6.07) is 0. The molecule has 0 spiro atoms. The molecule has 1 aromatic heterocycles. The monoisotopic (exact) mass is 211 g/mol. The lowest BCUT2D eigenvalue weighted by molar-refractivity contribution is -0.121. The van der Waals surface area contributed by atoms with Gasteiger partial charge in [0.25, 0.3) is 5.91 Å². The van der Waals surface area contributed by atoms with Gasteiger partial charge in [0.1, 0.15) is 12.4 Å². The zero-order chi connectivity index (χ0) is 11.3. The molecule has 5 nitrogen and oxygen atoms in total. The van der Waals surface area contributed by atoms with Crippen molar-refractivity contribution in [3.8, 4) is 0 Å². The van der Waals surface area contributed by atoms with Gasteiger partial charge in [-0.2, -0.15) is 5.10 Å². The summed E-state index contributed by atoms with van der Waals surface area (Å²) < 4.78 is 5.18. The van der Waals surface area contributed by atoms with Crippen molar-refractivity contribution in [1.29, 1.82) is 0 Å². The van der Waals surface area contributed by atoms with Crippen LogP contribution in [0.3, 0.4) is 0 Å². The molecular weight excluding hydrogens is 194 g/mol. The van der Waals surface area contributed by atoms with Crippen LogP contribution >= 0.6 is 0 Å². The summed E-state index contributed by atoms with van der Waals surface area (Å²) >= 11 is 0. The van der Waals surface area contributed by atoms with Gasteiger partial charge in [-0.15, -0.1) is 0 Å². The molecule has 0 radical (unpaired) electrons. The molecule has 0 fully saturated rings. The van der Waals surface area contributed by atoms with E-state index in [2.05, 4.69) is 15.5 Å². The summed E-state index contributed by atoms with van der Waals surface area (Å²) in [6.07, 6.45) is 2.60. The Bertz CT molecular complexity index is 320. The Kier molecular flexibility index (Phi) is 4.30. The zero-order valence-corrected chi connectivity index (χ0v) is 9.33. The van der Waals surface area contributed by atoms with E-state index in [9.17, 15) is 4.79 Å². The van der Waals surface area contributed by atoms with Gasteiger partial charge in [-0.1, -0.05) is 6.92 Å². The molecule has 0 aromatic carbocycles. The molecule has 0 aliphatic heterocycles. The van der Waals surface area contributed by atoms with Crippen LogP contribution in [0.5, 0.6) is 0 Å². The van der Waals surface area contributed by atoms with Gasteiger partial charge in [-0.3, -0.25) is 9.89 Å². The van der Waals surface area contributed by atoms with Crippen LogP contribution in [0.1, 0.15) is 26.3 Å². The van der Waals surface area contributed by atoms with Crippen LogP contribution in [0, 0.1) is 0 Å². The van der Waals surface area contributed by atoms with Crippen LogP contribution in [-0.4, -0.2) is 28.8 Å². The van der Waals surface area contributed by atoms with E-state index in [0.717, 1.165) is 12.0 Å². The van der Waals surface area contributed by atoms with Gasteiger partial charge in [0.15, 0.2) is 0 Å². The van der Waals surface area contributed by atoms with Gasteiger partial charge in [-0.05, 0) is 20.3 Å². The Morgan fingerprint density at radius 2 is 2.40 bits per heavy atom. The predicted octanol–water partition coefficient (Wildman–Crippen LogP) is 1.34. The number of rotatable bonds is 5. The molecule has 84 valence electrons. The summed E-state index contributed by atoms with van der Waals surface area (Å²) in [7, 11) is 0. The second-order valence-corrected chi connectivity index (χ2v) is 3.53. The normalized spacial score (nSPS) is 10.7. The largest absolute Gasteiger partial charge is 0.369 e. The molecule has 1 aromatic rings. The van der Waals surface area contributed by atoms with Crippen molar-refractivity contribution in [2.24, 2.45) is 0 Å². The maximum Gasteiger partial charge on any atom is 0.251 e. The molecule has 0 saturated heterocycles. The molecular formula is C10H17N3O2. The number of aromatic nitrogens is 2.